The summed E-state index contributed by atoms with van der Waals surface area (Å²) in [6.07, 6.45) is 1.05. The van der Waals surface area contributed by atoms with Gasteiger partial charge in [-0.2, -0.15) is 0 Å². The summed E-state index contributed by atoms with van der Waals surface area (Å²) < 4.78 is 1.19. The molecule has 0 aliphatic carbocycles. The molecule has 0 unspecified atom stereocenters. The Morgan fingerprint density at radius 1 is 1.54 bits per heavy atom. The maximum absolute atomic E-state index is 5.28. The molecule has 4 heteroatoms. The van der Waals surface area contributed by atoms with Gasteiger partial charge in [0.25, 0.3) is 0 Å². The summed E-state index contributed by atoms with van der Waals surface area (Å²) in [6, 6.07) is 6.29. The van der Waals surface area contributed by atoms with Crippen molar-refractivity contribution in [1.29, 1.82) is 0 Å². The number of anilines is 1. The maximum atomic E-state index is 5.28. The molecular weight excluding hydrogens is 182 g/mol. The average molecular weight is 193 g/mol. The molecule has 0 bridgehead atoms. The summed E-state index contributed by atoms with van der Waals surface area (Å²) in [6.45, 7) is 2.14. The highest BCUT2D eigenvalue weighted by Gasteiger charge is 2.01. The molecule has 0 amide bonds. The molecule has 1 aromatic carbocycles. The van der Waals surface area contributed by atoms with Crippen LogP contribution in [0.3, 0.4) is 0 Å². The predicted octanol–water partition coefficient (Wildman–Crippen LogP) is 2.14. The van der Waals surface area contributed by atoms with Crippen molar-refractivity contribution in [2.24, 2.45) is 5.84 Å². The summed E-state index contributed by atoms with van der Waals surface area (Å²) in [5.74, 6) is 5.28. The average Bonchev–Trinajstić information content (AvgIpc) is 2.58. The molecule has 0 aliphatic rings. The standard InChI is InChI=1S/C9H11N3S/c1-2-6-3-4-7-8(5-6)13-9(11-7)12-10/h3-5H,2,10H2,1H3,(H,11,12). The molecule has 0 saturated heterocycles. The summed E-state index contributed by atoms with van der Waals surface area (Å²) in [7, 11) is 0. The molecule has 1 aromatic heterocycles. The van der Waals surface area contributed by atoms with Gasteiger partial charge in [-0.25, -0.2) is 10.8 Å². The third kappa shape index (κ3) is 1.50. The van der Waals surface area contributed by atoms with E-state index in [4.69, 9.17) is 5.84 Å². The zero-order valence-electron chi connectivity index (χ0n) is 7.37. The fourth-order valence-corrected chi connectivity index (χ4v) is 2.09. The first kappa shape index (κ1) is 8.47. The zero-order chi connectivity index (χ0) is 9.26. The van der Waals surface area contributed by atoms with E-state index in [9.17, 15) is 0 Å². The van der Waals surface area contributed by atoms with Gasteiger partial charge in [-0.1, -0.05) is 24.3 Å². The number of nitrogen functional groups attached to an aromatic ring is 1. The number of hydrogen-bond acceptors (Lipinski definition) is 4. The molecule has 2 rings (SSSR count). The summed E-state index contributed by atoms with van der Waals surface area (Å²) in [4.78, 5) is 4.29. The van der Waals surface area contributed by atoms with Crippen molar-refractivity contribution in [3.8, 4) is 0 Å². The Bertz CT molecular complexity index is 420. The minimum absolute atomic E-state index is 0.767. The van der Waals surface area contributed by atoms with Gasteiger partial charge in [0, 0.05) is 0 Å². The van der Waals surface area contributed by atoms with Crippen LogP contribution in [0.25, 0.3) is 10.2 Å². The Balaban J connectivity index is 2.57. The van der Waals surface area contributed by atoms with Gasteiger partial charge in [0.15, 0.2) is 5.13 Å². The van der Waals surface area contributed by atoms with Crippen LogP contribution in [-0.2, 0) is 6.42 Å². The van der Waals surface area contributed by atoms with E-state index in [0.717, 1.165) is 17.1 Å². The number of hydrogen-bond donors (Lipinski definition) is 2. The van der Waals surface area contributed by atoms with Gasteiger partial charge < -0.3 is 0 Å². The van der Waals surface area contributed by atoms with Crippen LogP contribution < -0.4 is 11.3 Å². The fraction of sp³-hybridized carbons (Fsp3) is 0.222. The van der Waals surface area contributed by atoms with Crippen molar-refractivity contribution in [3.05, 3.63) is 23.8 Å². The largest absolute Gasteiger partial charge is 0.300 e. The van der Waals surface area contributed by atoms with E-state index in [1.807, 2.05) is 6.07 Å². The molecule has 0 aliphatic heterocycles. The minimum atomic E-state index is 0.767. The second kappa shape index (κ2) is 3.32. The van der Waals surface area contributed by atoms with E-state index in [-0.39, 0.29) is 0 Å². The van der Waals surface area contributed by atoms with Crippen LogP contribution in [0, 0.1) is 0 Å². The first-order valence-electron chi connectivity index (χ1n) is 4.19. The molecule has 0 atom stereocenters. The van der Waals surface area contributed by atoms with E-state index < -0.39 is 0 Å². The molecule has 0 spiro atoms. The van der Waals surface area contributed by atoms with E-state index in [0.29, 0.717) is 0 Å². The number of rotatable bonds is 2. The summed E-state index contributed by atoms with van der Waals surface area (Å²) >= 11 is 1.58. The van der Waals surface area contributed by atoms with Crippen LogP contribution in [0.1, 0.15) is 12.5 Å². The number of nitrogens with one attached hydrogen (secondary N) is 1. The van der Waals surface area contributed by atoms with Crippen molar-refractivity contribution in [2.75, 3.05) is 5.43 Å². The minimum Gasteiger partial charge on any atom is -0.300 e. The molecule has 2 aromatic rings. The van der Waals surface area contributed by atoms with Crippen LogP contribution >= 0.6 is 11.3 Å². The normalized spacial score (nSPS) is 10.6. The van der Waals surface area contributed by atoms with Crippen molar-refractivity contribution in [2.45, 2.75) is 13.3 Å². The number of nitrogens with two attached hydrogens (primary N) is 1. The fourth-order valence-electron chi connectivity index (χ4n) is 1.25. The lowest BCUT2D eigenvalue weighted by Crippen LogP contribution is -2.05. The van der Waals surface area contributed by atoms with Crippen molar-refractivity contribution < 1.29 is 0 Å². The molecule has 0 fully saturated rings. The van der Waals surface area contributed by atoms with E-state index in [2.05, 4.69) is 29.5 Å². The number of benzene rings is 1. The molecule has 1 heterocycles. The number of aromatic nitrogens is 1. The highest BCUT2D eigenvalue weighted by atomic mass is 32.1. The SMILES string of the molecule is CCc1ccc2nc(NN)sc2c1. The van der Waals surface area contributed by atoms with Crippen molar-refractivity contribution in [1.82, 2.24) is 4.98 Å². The lowest BCUT2D eigenvalue weighted by molar-refractivity contribution is 1.15. The van der Waals surface area contributed by atoms with E-state index in [1.165, 1.54) is 10.3 Å². The highest BCUT2D eigenvalue weighted by Crippen LogP contribution is 2.26. The first-order valence-corrected chi connectivity index (χ1v) is 5.01. The number of hydrazine groups is 1. The lowest BCUT2D eigenvalue weighted by Gasteiger charge is -1.93. The molecule has 13 heavy (non-hydrogen) atoms. The van der Waals surface area contributed by atoms with Crippen LogP contribution in [0.5, 0.6) is 0 Å². The van der Waals surface area contributed by atoms with Gasteiger partial charge in [0.2, 0.25) is 0 Å². The van der Waals surface area contributed by atoms with Crippen molar-refractivity contribution in [3.63, 3.8) is 0 Å². The van der Waals surface area contributed by atoms with Gasteiger partial charge >= 0.3 is 0 Å². The van der Waals surface area contributed by atoms with Gasteiger partial charge in [-0.3, -0.25) is 5.43 Å². The molecule has 0 saturated carbocycles. The first-order chi connectivity index (χ1) is 6.33. The van der Waals surface area contributed by atoms with Crippen molar-refractivity contribution >= 4 is 26.7 Å². The van der Waals surface area contributed by atoms with Gasteiger partial charge in [0.1, 0.15) is 0 Å². The predicted molar refractivity (Wildman–Crippen MR) is 56.8 cm³/mol. The number of aryl methyl sites for hydroxylation is 1. The summed E-state index contributed by atoms with van der Waals surface area (Å²) in [5, 5.41) is 0.767. The quantitative estimate of drug-likeness (QED) is 0.567. The Morgan fingerprint density at radius 2 is 2.38 bits per heavy atom. The second-order valence-corrected chi connectivity index (χ2v) is 3.85. The lowest BCUT2D eigenvalue weighted by atomic mass is 10.2. The Kier molecular flexibility index (Phi) is 2.16. The highest BCUT2D eigenvalue weighted by molar-refractivity contribution is 7.22. The molecular formula is C9H11N3S. The Morgan fingerprint density at radius 3 is 3.08 bits per heavy atom. The topological polar surface area (TPSA) is 50.9 Å². The second-order valence-electron chi connectivity index (χ2n) is 2.82. The van der Waals surface area contributed by atoms with E-state index in [1.54, 1.807) is 11.3 Å². The molecule has 68 valence electrons. The van der Waals surface area contributed by atoms with Crippen LogP contribution in [0.4, 0.5) is 5.13 Å². The third-order valence-corrected chi connectivity index (χ3v) is 2.93. The van der Waals surface area contributed by atoms with E-state index >= 15 is 0 Å². The molecule has 3 N–H and O–H groups in total. The molecule has 3 nitrogen and oxygen atoms in total. The third-order valence-electron chi connectivity index (χ3n) is 1.98. The van der Waals surface area contributed by atoms with Gasteiger partial charge in [-0.05, 0) is 24.1 Å². The Hall–Kier alpha value is -1.13. The van der Waals surface area contributed by atoms with Crippen LogP contribution in [0.2, 0.25) is 0 Å². The van der Waals surface area contributed by atoms with Crippen LogP contribution in [0.15, 0.2) is 18.2 Å². The zero-order valence-corrected chi connectivity index (χ0v) is 8.19. The van der Waals surface area contributed by atoms with Gasteiger partial charge in [0.05, 0.1) is 10.2 Å². The summed E-state index contributed by atoms with van der Waals surface area (Å²) in [5.41, 5.74) is 4.90. The number of nitrogens with zero attached hydrogens (tertiary/aromatic N) is 1. The van der Waals surface area contributed by atoms with Crippen LogP contribution in [-0.4, -0.2) is 4.98 Å². The smallest absolute Gasteiger partial charge is 0.198 e. The van der Waals surface area contributed by atoms with Gasteiger partial charge in [-0.15, -0.1) is 0 Å². The molecule has 0 radical (unpaired) electrons. The number of fused-ring (bicyclic) bond motifs is 1. The number of thiazole rings is 1. The maximum Gasteiger partial charge on any atom is 0.198 e. The Labute approximate surface area is 80.6 Å². The monoisotopic (exact) mass is 193 g/mol.